The van der Waals surface area contributed by atoms with Gasteiger partial charge in [-0.05, 0) is 24.3 Å². The summed E-state index contributed by atoms with van der Waals surface area (Å²) in [6, 6.07) is 16.2. The van der Waals surface area contributed by atoms with E-state index in [1.807, 2.05) is 30.3 Å². The van der Waals surface area contributed by atoms with E-state index in [0.717, 1.165) is 5.56 Å². The van der Waals surface area contributed by atoms with Crippen molar-refractivity contribution >= 4 is 29.2 Å². The van der Waals surface area contributed by atoms with Crippen LogP contribution in [0.25, 0.3) is 0 Å². The van der Waals surface area contributed by atoms with Crippen molar-refractivity contribution in [2.75, 3.05) is 31.6 Å². The molecule has 1 N–H and O–H groups in total. The molecule has 0 saturated carbocycles. The summed E-state index contributed by atoms with van der Waals surface area (Å²) in [5.41, 5.74) is 1.56. The lowest BCUT2D eigenvalue weighted by Crippen LogP contribution is -2.41. The molecule has 0 aliphatic carbocycles. The van der Waals surface area contributed by atoms with Crippen molar-refractivity contribution in [2.45, 2.75) is 0 Å². The van der Waals surface area contributed by atoms with Gasteiger partial charge in [0.2, 0.25) is 0 Å². The van der Waals surface area contributed by atoms with Crippen LogP contribution in [0.2, 0.25) is 5.02 Å². The Hall–Kier alpha value is -2.37. The number of amidine groups is 1. The maximum absolute atomic E-state index is 12.3. The fourth-order valence-electron chi connectivity index (χ4n) is 2.46. The van der Waals surface area contributed by atoms with Crippen LogP contribution in [0.5, 0.6) is 0 Å². The summed E-state index contributed by atoms with van der Waals surface area (Å²) < 4.78 is 5.39. The number of hydrogen-bond donors (Lipinski definition) is 1. The number of urea groups is 1. The zero-order valence-electron chi connectivity index (χ0n) is 13.1. The minimum atomic E-state index is -0.414. The van der Waals surface area contributed by atoms with Gasteiger partial charge in [0.25, 0.3) is 0 Å². The van der Waals surface area contributed by atoms with E-state index in [4.69, 9.17) is 16.3 Å². The number of rotatable bonds is 2. The first-order chi connectivity index (χ1) is 11.7. The van der Waals surface area contributed by atoms with Crippen LogP contribution in [0.15, 0.2) is 59.6 Å². The van der Waals surface area contributed by atoms with Crippen molar-refractivity contribution in [1.29, 1.82) is 0 Å². The van der Waals surface area contributed by atoms with Gasteiger partial charge in [0, 0.05) is 29.4 Å². The molecule has 1 aliphatic heterocycles. The average molecular weight is 344 g/mol. The van der Waals surface area contributed by atoms with Gasteiger partial charge in [0.15, 0.2) is 0 Å². The normalized spacial score (nSPS) is 15.2. The average Bonchev–Trinajstić information content (AvgIpc) is 2.63. The highest BCUT2D eigenvalue weighted by Crippen LogP contribution is 2.14. The van der Waals surface area contributed by atoms with Crippen molar-refractivity contribution in [3.05, 3.63) is 65.2 Å². The minimum Gasteiger partial charge on any atom is -0.378 e. The molecule has 5 nitrogen and oxygen atoms in total. The Labute approximate surface area is 145 Å². The number of morpholine rings is 1. The molecule has 0 aromatic heterocycles. The number of carbonyl (C=O) groups is 1. The third-order valence-corrected chi connectivity index (χ3v) is 3.90. The molecule has 24 heavy (non-hydrogen) atoms. The molecular weight excluding hydrogens is 326 g/mol. The summed E-state index contributed by atoms with van der Waals surface area (Å²) in [6.45, 7) is 2.68. The van der Waals surface area contributed by atoms with E-state index in [0.29, 0.717) is 42.8 Å². The van der Waals surface area contributed by atoms with E-state index in [-0.39, 0.29) is 0 Å². The molecule has 0 radical (unpaired) electrons. The Morgan fingerprint density at radius 3 is 2.38 bits per heavy atom. The minimum absolute atomic E-state index is 0.414. The smallest absolute Gasteiger partial charge is 0.347 e. The highest BCUT2D eigenvalue weighted by atomic mass is 35.5. The lowest BCUT2D eigenvalue weighted by molar-refractivity contribution is 0.0682. The highest BCUT2D eigenvalue weighted by molar-refractivity contribution is 6.30. The van der Waals surface area contributed by atoms with E-state index in [1.54, 1.807) is 24.3 Å². The maximum Gasteiger partial charge on any atom is 0.347 e. The molecule has 0 unspecified atom stereocenters. The summed E-state index contributed by atoms with van der Waals surface area (Å²) in [6.07, 6.45) is 0. The molecule has 1 aliphatic rings. The number of nitrogens with one attached hydrogen (secondary N) is 1. The molecule has 1 saturated heterocycles. The van der Waals surface area contributed by atoms with E-state index < -0.39 is 6.03 Å². The van der Waals surface area contributed by atoms with Gasteiger partial charge in [-0.1, -0.05) is 41.9 Å². The fourth-order valence-corrected chi connectivity index (χ4v) is 2.59. The zero-order valence-corrected chi connectivity index (χ0v) is 13.9. The molecule has 124 valence electrons. The second-order valence-electron chi connectivity index (χ2n) is 5.34. The number of carbonyl (C=O) groups excluding carboxylic acids is 1. The van der Waals surface area contributed by atoms with Gasteiger partial charge in [-0.3, -0.25) is 0 Å². The summed E-state index contributed by atoms with van der Waals surface area (Å²) in [7, 11) is 0. The summed E-state index contributed by atoms with van der Waals surface area (Å²) in [4.78, 5) is 18.7. The number of aliphatic imine (C=N–C) groups is 1. The zero-order chi connectivity index (χ0) is 16.8. The van der Waals surface area contributed by atoms with E-state index in [1.165, 1.54) is 0 Å². The second kappa shape index (κ2) is 7.95. The summed E-state index contributed by atoms with van der Waals surface area (Å²) in [5, 5.41) is 3.39. The number of halogens is 1. The van der Waals surface area contributed by atoms with E-state index in [2.05, 4.69) is 15.2 Å². The highest BCUT2D eigenvalue weighted by Gasteiger charge is 2.18. The molecule has 2 aromatic rings. The van der Waals surface area contributed by atoms with Crippen molar-refractivity contribution in [3.8, 4) is 0 Å². The largest absolute Gasteiger partial charge is 0.378 e. The molecule has 1 heterocycles. The van der Waals surface area contributed by atoms with Gasteiger partial charge >= 0.3 is 6.03 Å². The van der Waals surface area contributed by atoms with Crippen LogP contribution in [0.1, 0.15) is 5.56 Å². The van der Waals surface area contributed by atoms with Crippen LogP contribution in [0, 0.1) is 0 Å². The Bertz CT molecular complexity index is 711. The van der Waals surface area contributed by atoms with Gasteiger partial charge in [0.05, 0.1) is 13.2 Å². The molecule has 2 aromatic carbocycles. The van der Waals surface area contributed by atoms with Crippen LogP contribution in [0.3, 0.4) is 0 Å². The van der Waals surface area contributed by atoms with Crippen LogP contribution >= 0.6 is 11.6 Å². The van der Waals surface area contributed by atoms with Gasteiger partial charge in [0.1, 0.15) is 5.84 Å². The van der Waals surface area contributed by atoms with Gasteiger partial charge in [-0.15, -0.1) is 0 Å². The lowest BCUT2D eigenvalue weighted by atomic mass is 10.2. The molecule has 0 atom stereocenters. The van der Waals surface area contributed by atoms with Crippen LogP contribution in [0.4, 0.5) is 10.5 Å². The first-order valence-electron chi connectivity index (χ1n) is 7.76. The van der Waals surface area contributed by atoms with Crippen LogP contribution in [-0.2, 0) is 4.74 Å². The third kappa shape index (κ3) is 4.34. The number of benzene rings is 2. The SMILES string of the molecule is O=C(/N=C(\c1ccccc1)N1CCOCC1)Nc1ccc(Cl)cc1. The number of amides is 2. The van der Waals surface area contributed by atoms with Crippen molar-refractivity contribution in [1.82, 2.24) is 4.90 Å². The van der Waals surface area contributed by atoms with Crippen LogP contribution < -0.4 is 5.32 Å². The molecular formula is C18H18ClN3O2. The van der Waals surface area contributed by atoms with Gasteiger partial charge in [-0.2, -0.15) is 4.99 Å². The lowest BCUT2D eigenvalue weighted by Gasteiger charge is -2.29. The Kier molecular flexibility index (Phi) is 5.46. The number of nitrogens with zero attached hydrogens (tertiary/aromatic N) is 2. The number of ether oxygens (including phenoxy) is 1. The van der Waals surface area contributed by atoms with Crippen molar-refractivity contribution in [2.24, 2.45) is 4.99 Å². The Balaban J connectivity index is 1.82. The van der Waals surface area contributed by atoms with Gasteiger partial charge in [-0.25, -0.2) is 4.79 Å². The quantitative estimate of drug-likeness (QED) is 0.669. The summed E-state index contributed by atoms with van der Waals surface area (Å²) >= 11 is 5.86. The fraction of sp³-hybridized carbons (Fsp3) is 0.222. The second-order valence-corrected chi connectivity index (χ2v) is 5.77. The molecule has 6 heteroatoms. The standard InChI is InChI=1S/C18H18ClN3O2/c19-15-6-8-16(9-7-15)20-18(23)21-17(14-4-2-1-3-5-14)22-10-12-24-13-11-22/h1-9H,10-13H2,(H,20,23)/b21-17+. The predicted molar refractivity (Wildman–Crippen MR) is 95.8 cm³/mol. The molecule has 0 spiro atoms. The van der Waals surface area contributed by atoms with Crippen LogP contribution in [-0.4, -0.2) is 43.1 Å². The summed E-state index contributed by atoms with van der Waals surface area (Å²) in [5.74, 6) is 0.658. The third-order valence-electron chi connectivity index (χ3n) is 3.65. The van der Waals surface area contributed by atoms with E-state index in [9.17, 15) is 4.79 Å². The monoisotopic (exact) mass is 343 g/mol. The van der Waals surface area contributed by atoms with E-state index >= 15 is 0 Å². The van der Waals surface area contributed by atoms with Crippen molar-refractivity contribution in [3.63, 3.8) is 0 Å². The maximum atomic E-state index is 12.3. The number of anilines is 1. The van der Waals surface area contributed by atoms with Gasteiger partial charge < -0.3 is 15.0 Å². The predicted octanol–water partition coefficient (Wildman–Crippen LogP) is 3.65. The molecule has 1 fully saturated rings. The molecule has 3 rings (SSSR count). The molecule has 0 bridgehead atoms. The van der Waals surface area contributed by atoms with Crippen molar-refractivity contribution < 1.29 is 9.53 Å². The Morgan fingerprint density at radius 1 is 1.04 bits per heavy atom. The first kappa shape index (κ1) is 16.5. The topological polar surface area (TPSA) is 53.9 Å². The molecule has 2 amide bonds. The first-order valence-corrected chi connectivity index (χ1v) is 8.13. The Morgan fingerprint density at radius 2 is 1.71 bits per heavy atom. The number of hydrogen-bond acceptors (Lipinski definition) is 2.